The zero-order valence-corrected chi connectivity index (χ0v) is 20.6. The van der Waals surface area contributed by atoms with Gasteiger partial charge in [0.05, 0.1) is 17.9 Å². The number of piperidine rings is 1. The Morgan fingerprint density at radius 2 is 1.88 bits per heavy atom. The Bertz CT molecular complexity index is 1120. The molecule has 1 unspecified atom stereocenters. The van der Waals surface area contributed by atoms with Crippen LogP contribution in [-0.2, 0) is 11.3 Å². The molecular weight excluding hydrogens is 446 g/mol. The predicted octanol–water partition coefficient (Wildman–Crippen LogP) is 5.25. The summed E-state index contributed by atoms with van der Waals surface area (Å²) in [6.45, 7) is 8.46. The van der Waals surface area contributed by atoms with Gasteiger partial charge in [0.1, 0.15) is 5.75 Å². The number of methoxy groups -OCH3 is 1. The quantitative estimate of drug-likeness (QED) is 0.335. The second kappa shape index (κ2) is 11.2. The highest BCUT2D eigenvalue weighted by Gasteiger charge is 2.22. The summed E-state index contributed by atoms with van der Waals surface area (Å²) in [5, 5.41) is 12.1. The maximum Gasteiger partial charge on any atom is 0.237 e. The van der Waals surface area contributed by atoms with Crippen molar-refractivity contribution in [2.75, 3.05) is 30.4 Å². The Morgan fingerprint density at radius 3 is 2.59 bits per heavy atom. The summed E-state index contributed by atoms with van der Waals surface area (Å²) in [4.78, 5) is 15.3. The lowest BCUT2D eigenvalue weighted by Crippen LogP contribution is -2.29. The van der Waals surface area contributed by atoms with Crippen LogP contribution in [0.3, 0.4) is 0 Å². The van der Waals surface area contributed by atoms with Crippen LogP contribution < -0.4 is 15.0 Å². The SMILES string of the molecule is C=CCn1c(SC(C)C(=O)Nc2ccc(N3CCCCC3)cc2)nnc1-c1ccccc1OC. The van der Waals surface area contributed by atoms with Crippen LogP contribution in [0.15, 0.2) is 66.3 Å². The fourth-order valence-electron chi connectivity index (χ4n) is 4.06. The van der Waals surface area contributed by atoms with Crippen molar-refractivity contribution in [2.45, 2.75) is 43.1 Å². The number of hydrogen-bond donors (Lipinski definition) is 1. The summed E-state index contributed by atoms with van der Waals surface area (Å²) in [6.07, 6.45) is 5.58. The minimum Gasteiger partial charge on any atom is -0.496 e. The first kappa shape index (κ1) is 23.9. The lowest BCUT2D eigenvalue weighted by molar-refractivity contribution is -0.115. The summed E-state index contributed by atoms with van der Waals surface area (Å²) >= 11 is 1.37. The highest BCUT2D eigenvalue weighted by molar-refractivity contribution is 8.00. The van der Waals surface area contributed by atoms with Crippen molar-refractivity contribution >= 4 is 29.0 Å². The fourth-order valence-corrected chi connectivity index (χ4v) is 4.92. The first-order chi connectivity index (χ1) is 16.6. The maximum absolute atomic E-state index is 12.9. The van der Waals surface area contributed by atoms with Gasteiger partial charge >= 0.3 is 0 Å². The van der Waals surface area contributed by atoms with Crippen molar-refractivity contribution < 1.29 is 9.53 Å². The number of ether oxygens (including phenoxy) is 1. The Balaban J connectivity index is 1.44. The van der Waals surface area contributed by atoms with Gasteiger partial charge in [0.2, 0.25) is 5.91 Å². The van der Waals surface area contributed by atoms with Crippen molar-refractivity contribution in [1.29, 1.82) is 0 Å². The van der Waals surface area contributed by atoms with Gasteiger partial charge < -0.3 is 15.0 Å². The molecule has 1 aliphatic rings. The van der Waals surface area contributed by atoms with E-state index in [1.807, 2.05) is 47.9 Å². The lowest BCUT2D eigenvalue weighted by atomic mass is 10.1. The standard InChI is InChI=1S/C26H31N5O2S/c1-4-16-31-24(22-10-6-7-11-23(22)33-3)28-29-26(31)34-19(2)25(32)27-20-12-14-21(15-13-20)30-17-8-5-9-18-30/h4,6-7,10-15,19H,1,5,8-9,16-18H2,2-3H3,(H,27,32). The number of hydrogen-bond acceptors (Lipinski definition) is 6. The second-order valence-corrected chi connectivity index (χ2v) is 9.56. The lowest BCUT2D eigenvalue weighted by Gasteiger charge is -2.28. The summed E-state index contributed by atoms with van der Waals surface area (Å²) in [6, 6.07) is 15.8. The van der Waals surface area contributed by atoms with Crippen molar-refractivity contribution in [3.05, 3.63) is 61.2 Å². The fraction of sp³-hybridized carbons (Fsp3) is 0.346. The van der Waals surface area contributed by atoms with Gasteiger partial charge in [0.15, 0.2) is 11.0 Å². The van der Waals surface area contributed by atoms with Gasteiger partial charge in [-0.3, -0.25) is 9.36 Å². The number of carbonyl (C=O) groups excluding carboxylic acids is 1. The monoisotopic (exact) mass is 477 g/mol. The van der Waals surface area contributed by atoms with Gasteiger partial charge in [-0.15, -0.1) is 16.8 Å². The Kier molecular flexibility index (Phi) is 7.90. The molecule has 3 aromatic rings. The molecular formula is C26H31N5O2S. The molecule has 2 heterocycles. The number of nitrogens with one attached hydrogen (secondary N) is 1. The van der Waals surface area contributed by atoms with E-state index in [9.17, 15) is 4.79 Å². The molecule has 4 rings (SSSR count). The smallest absolute Gasteiger partial charge is 0.237 e. The molecule has 0 aliphatic carbocycles. The molecule has 1 N–H and O–H groups in total. The number of amides is 1. The molecule has 178 valence electrons. The third-order valence-electron chi connectivity index (χ3n) is 5.88. The highest BCUT2D eigenvalue weighted by atomic mass is 32.2. The van der Waals surface area contributed by atoms with Crippen molar-refractivity contribution in [3.8, 4) is 17.1 Å². The molecule has 1 amide bonds. The Morgan fingerprint density at radius 1 is 1.15 bits per heavy atom. The first-order valence-corrected chi connectivity index (χ1v) is 12.5. The number of carbonyl (C=O) groups is 1. The number of para-hydroxylation sites is 1. The average Bonchev–Trinajstić information content (AvgIpc) is 3.27. The number of benzene rings is 2. The van der Waals surface area contributed by atoms with Crippen LogP contribution >= 0.6 is 11.8 Å². The van der Waals surface area contributed by atoms with Crippen LogP contribution in [0.2, 0.25) is 0 Å². The molecule has 0 saturated carbocycles. The molecule has 1 fully saturated rings. The Hall–Kier alpha value is -3.26. The zero-order chi connectivity index (χ0) is 23.9. The Labute approximate surface area is 205 Å². The largest absolute Gasteiger partial charge is 0.496 e. The number of thioether (sulfide) groups is 1. The van der Waals surface area contributed by atoms with Crippen LogP contribution in [0.5, 0.6) is 5.75 Å². The number of nitrogens with zero attached hydrogens (tertiary/aromatic N) is 4. The molecule has 1 aromatic heterocycles. The maximum atomic E-state index is 12.9. The van der Waals surface area contributed by atoms with Crippen molar-refractivity contribution in [2.24, 2.45) is 0 Å². The molecule has 2 aromatic carbocycles. The van der Waals surface area contributed by atoms with E-state index in [1.165, 1.54) is 36.7 Å². The number of aromatic nitrogens is 3. The molecule has 1 atom stereocenters. The van der Waals surface area contributed by atoms with E-state index in [4.69, 9.17) is 4.74 Å². The summed E-state index contributed by atoms with van der Waals surface area (Å²) in [7, 11) is 1.63. The third-order valence-corrected chi connectivity index (χ3v) is 6.96. The third kappa shape index (κ3) is 5.44. The van der Waals surface area contributed by atoms with Gasteiger partial charge in [0, 0.05) is 31.0 Å². The minimum absolute atomic E-state index is 0.0808. The topological polar surface area (TPSA) is 72.3 Å². The summed E-state index contributed by atoms with van der Waals surface area (Å²) < 4.78 is 7.45. The molecule has 1 aliphatic heterocycles. The van der Waals surface area contributed by atoms with E-state index in [0.717, 1.165) is 30.1 Å². The highest BCUT2D eigenvalue weighted by Crippen LogP contribution is 2.32. The number of rotatable bonds is 9. The molecule has 8 heteroatoms. The molecule has 0 bridgehead atoms. The van der Waals surface area contributed by atoms with E-state index >= 15 is 0 Å². The number of allylic oxidation sites excluding steroid dienone is 1. The van der Waals surface area contributed by atoms with Crippen molar-refractivity contribution in [1.82, 2.24) is 14.8 Å². The van der Waals surface area contributed by atoms with E-state index < -0.39 is 0 Å². The van der Waals surface area contributed by atoms with Gasteiger partial charge in [-0.1, -0.05) is 30.0 Å². The van der Waals surface area contributed by atoms with Gasteiger partial charge in [0.25, 0.3) is 0 Å². The molecule has 1 saturated heterocycles. The van der Waals surface area contributed by atoms with Crippen LogP contribution in [0.4, 0.5) is 11.4 Å². The average molecular weight is 478 g/mol. The zero-order valence-electron chi connectivity index (χ0n) is 19.7. The van der Waals surface area contributed by atoms with Crippen molar-refractivity contribution in [3.63, 3.8) is 0 Å². The molecule has 0 radical (unpaired) electrons. The molecule has 7 nitrogen and oxygen atoms in total. The summed E-state index contributed by atoms with van der Waals surface area (Å²) in [5.41, 5.74) is 2.85. The summed E-state index contributed by atoms with van der Waals surface area (Å²) in [5.74, 6) is 1.32. The minimum atomic E-state index is -0.361. The first-order valence-electron chi connectivity index (χ1n) is 11.6. The number of anilines is 2. The molecule has 34 heavy (non-hydrogen) atoms. The van der Waals surface area contributed by atoms with E-state index in [1.54, 1.807) is 13.2 Å². The van der Waals surface area contributed by atoms with E-state index in [-0.39, 0.29) is 11.2 Å². The normalized spacial score (nSPS) is 14.5. The van der Waals surface area contributed by atoms with Crippen LogP contribution in [0.1, 0.15) is 26.2 Å². The molecule has 0 spiro atoms. The van der Waals surface area contributed by atoms with Crippen LogP contribution in [0.25, 0.3) is 11.4 Å². The van der Waals surface area contributed by atoms with Crippen LogP contribution in [0, 0.1) is 0 Å². The van der Waals surface area contributed by atoms with E-state index in [2.05, 4.69) is 39.1 Å². The second-order valence-electron chi connectivity index (χ2n) is 8.25. The van der Waals surface area contributed by atoms with Gasteiger partial charge in [-0.05, 0) is 62.6 Å². The van der Waals surface area contributed by atoms with Gasteiger partial charge in [-0.25, -0.2) is 0 Å². The predicted molar refractivity (Wildman–Crippen MR) is 139 cm³/mol. The van der Waals surface area contributed by atoms with Crippen LogP contribution in [-0.4, -0.2) is 46.1 Å². The van der Waals surface area contributed by atoms with Gasteiger partial charge in [-0.2, -0.15) is 0 Å². The van der Waals surface area contributed by atoms with E-state index in [0.29, 0.717) is 17.5 Å².